The van der Waals surface area contributed by atoms with Crippen molar-refractivity contribution in [3.63, 3.8) is 0 Å². The van der Waals surface area contributed by atoms with Gasteiger partial charge in [0.15, 0.2) is 10.0 Å². The maximum absolute atomic E-state index is 13.8. The Bertz CT molecular complexity index is 1510. The Morgan fingerprint density at radius 3 is 2.45 bits per heavy atom. The highest BCUT2D eigenvalue weighted by molar-refractivity contribution is 7.89. The second-order valence-electron chi connectivity index (χ2n) is 10.3. The number of aromatic nitrogens is 1. The van der Waals surface area contributed by atoms with Gasteiger partial charge in [0.2, 0.25) is 10.0 Å². The van der Waals surface area contributed by atoms with Crippen LogP contribution in [0.3, 0.4) is 0 Å². The van der Waals surface area contributed by atoms with Crippen LogP contribution >= 0.6 is 11.3 Å². The van der Waals surface area contributed by atoms with Crippen molar-refractivity contribution < 1.29 is 18.4 Å². The number of anilines is 1. The predicted octanol–water partition coefficient (Wildman–Crippen LogP) is 5.28. The minimum Gasteiger partial charge on any atom is -0.394 e. The van der Waals surface area contributed by atoms with Crippen molar-refractivity contribution >= 4 is 37.8 Å². The topological polar surface area (TPSA) is 117 Å². The molecule has 0 bridgehead atoms. The minimum atomic E-state index is -4.18. The van der Waals surface area contributed by atoms with E-state index < -0.39 is 20.6 Å². The number of aryl methyl sites for hydroxylation is 2. The van der Waals surface area contributed by atoms with Gasteiger partial charge >= 0.3 is 0 Å². The molecule has 40 heavy (non-hydrogen) atoms. The van der Waals surface area contributed by atoms with Crippen LogP contribution in [0.25, 0.3) is 5.57 Å². The number of allylic oxidation sites excluding steroid dienone is 2. The van der Waals surface area contributed by atoms with Crippen LogP contribution in [0.1, 0.15) is 53.8 Å². The molecule has 5 rings (SSSR count). The van der Waals surface area contributed by atoms with Crippen molar-refractivity contribution in [2.45, 2.75) is 62.9 Å². The number of benzene rings is 2. The highest BCUT2D eigenvalue weighted by Gasteiger charge is 2.51. The number of thiazole rings is 1. The molecule has 2 heterocycles. The van der Waals surface area contributed by atoms with Gasteiger partial charge in [0.1, 0.15) is 0 Å². The monoisotopic (exact) mass is 582 g/mol. The number of nitrogens with zero attached hydrogens (tertiary/aromatic N) is 4. The Kier molecular flexibility index (Phi) is 8.10. The molecule has 0 unspecified atom stereocenters. The van der Waals surface area contributed by atoms with E-state index in [1.54, 1.807) is 6.92 Å². The van der Waals surface area contributed by atoms with Crippen LogP contribution in [0.15, 0.2) is 59.5 Å². The number of aliphatic hydroxyl groups excluding tert-OH is 1. The quantitative estimate of drug-likeness (QED) is 0.255. The molecule has 1 fully saturated rings. The first-order valence-electron chi connectivity index (χ1n) is 13.5. The van der Waals surface area contributed by atoms with Gasteiger partial charge in [-0.2, -0.15) is 4.31 Å². The second kappa shape index (κ2) is 11.4. The molecular weight excluding hydrogens is 548 g/mol. The molecule has 0 radical (unpaired) electrons. The van der Waals surface area contributed by atoms with Crippen molar-refractivity contribution in [3.8, 4) is 0 Å². The third kappa shape index (κ3) is 5.07. The van der Waals surface area contributed by atoms with Gasteiger partial charge in [-0.15, -0.1) is 11.3 Å². The summed E-state index contributed by atoms with van der Waals surface area (Å²) in [7, 11) is -4.18. The maximum Gasteiger partial charge on any atom is 0.289 e. The first kappa shape index (κ1) is 28.4. The van der Waals surface area contributed by atoms with Crippen LogP contribution in [-0.2, 0) is 10.0 Å². The zero-order valence-electron chi connectivity index (χ0n) is 22.9. The lowest BCUT2D eigenvalue weighted by Crippen LogP contribution is -2.67. The molecule has 1 aliphatic heterocycles. The van der Waals surface area contributed by atoms with Gasteiger partial charge in [-0.3, -0.25) is 10.1 Å². The highest BCUT2D eigenvalue weighted by Crippen LogP contribution is 2.46. The molecule has 9 nitrogen and oxygen atoms in total. The summed E-state index contributed by atoms with van der Waals surface area (Å²) in [5.74, 6) is -0.156. The Labute approximate surface area is 239 Å². The summed E-state index contributed by atoms with van der Waals surface area (Å²) in [5.41, 5.74) is 4.01. The van der Waals surface area contributed by atoms with E-state index in [1.165, 1.54) is 51.0 Å². The summed E-state index contributed by atoms with van der Waals surface area (Å²) in [6.07, 6.45) is 5.60. The van der Waals surface area contributed by atoms with E-state index in [4.69, 9.17) is 4.98 Å². The Hall–Kier alpha value is -3.12. The summed E-state index contributed by atoms with van der Waals surface area (Å²) in [6.45, 7) is 5.77. The van der Waals surface area contributed by atoms with Crippen LogP contribution in [0.2, 0.25) is 0 Å². The third-order valence-electron chi connectivity index (χ3n) is 8.10. The summed E-state index contributed by atoms with van der Waals surface area (Å²) < 4.78 is 28.9. The number of hydrogen-bond acceptors (Lipinski definition) is 8. The molecule has 2 aromatic carbocycles. The maximum atomic E-state index is 13.8. The van der Waals surface area contributed by atoms with Crippen molar-refractivity contribution in [2.24, 2.45) is 0 Å². The number of hydrogen-bond donors (Lipinski definition) is 1. The lowest BCUT2D eigenvalue weighted by Gasteiger charge is -2.56. The first-order valence-corrected chi connectivity index (χ1v) is 15.8. The zero-order chi connectivity index (χ0) is 28.6. The molecule has 3 aromatic rings. The molecule has 0 saturated carbocycles. The van der Waals surface area contributed by atoms with Crippen LogP contribution in [0.4, 0.5) is 10.8 Å². The fourth-order valence-electron chi connectivity index (χ4n) is 5.87. The van der Waals surface area contributed by atoms with E-state index in [2.05, 4.69) is 30.3 Å². The lowest BCUT2D eigenvalue weighted by atomic mass is 9.75. The first-order chi connectivity index (χ1) is 19.2. The fraction of sp³-hybridized carbons (Fsp3) is 0.414. The van der Waals surface area contributed by atoms with Gasteiger partial charge in [0, 0.05) is 30.0 Å². The predicted molar refractivity (Wildman–Crippen MR) is 157 cm³/mol. The number of rotatable bonds is 10. The van der Waals surface area contributed by atoms with Gasteiger partial charge < -0.3 is 10.0 Å². The molecule has 1 aliphatic carbocycles. The number of nitro groups is 1. The molecule has 0 spiro atoms. The SMILES string of the molecule is CCN(C[C@H]1[C@@H](c2ccc(C3=CCCC3)cc2)[C@H](CO)N1c1nc(C)c(C)s1)S(=O)(=O)c1ccccc1[N+](=O)[O-]. The number of aliphatic hydroxyl groups is 1. The van der Waals surface area contributed by atoms with Crippen molar-refractivity contribution in [3.05, 3.63) is 86.4 Å². The highest BCUT2D eigenvalue weighted by atomic mass is 32.2. The fourth-order valence-corrected chi connectivity index (χ4v) is 8.52. The minimum absolute atomic E-state index is 0.0939. The van der Waals surface area contributed by atoms with E-state index in [1.807, 2.05) is 18.7 Å². The molecule has 0 amide bonds. The molecule has 2 aliphatic rings. The van der Waals surface area contributed by atoms with Crippen molar-refractivity contribution in [1.82, 2.24) is 9.29 Å². The van der Waals surface area contributed by atoms with Crippen LogP contribution in [-0.4, -0.2) is 59.5 Å². The smallest absolute Gasteiger partial charge is 0.289 e. The molecule has 3 atom stereocenters. The normalized spacial score (nSPS) is 21.0. The summed E-state index contributed by atoms with van der Waals surface area (Å²) in [5, 5.41) is 22.9. The van der Waals surface area contributed by atoms with E-state index in [0.29, 0.717) is 0 Å². The molecule has 1 saturated heterocycles. The summed E-state index contributed by atoms with van der Waals surface area (Å²) in [4.78, 5) is 18.5. The van der Waals surface area contributed by atoms with Gasteiger partial charge in [-0.1, -0.05) is 49.4 Å². The number of likely N-dealkylation sites (N-methyl/N-ethyl adjacent to an activating group) is 1. The van der Waals surface area contributed by atoms with Crippen LogP contribution in [0, 0.1) is 24.0 Å². The molecular formula is C29H34N4O5S2. The number of sulfonamides is 1. The molecule has 11 heteroatoms. The van der Waals surface area contributed by atoms with Gasteiger partial charge in [0.25, 0.3) is 5.69 Å². The Balaban J connectivity index is 1.52. The third-order valence-corrected chi connectivity index (χ3v) is 11.2. The number of para-hydroxylation sites is 1. The summed E-state index contributed by atoms with van der Waals surface area (Å²) >= 11 is 1.52. The van der Waals surface area contributed by atoms with E-state index >= 15 is 0 Å². The zero-order valence-corrected chi connectivity index (χ0v) is 24.5. The Morgan fingerprint density at radius 2 is 1.88 bits per heavy atom. The summed E-state index contributed by atoms with van der Waals surface area (Å²) in [6, 6.07) is 13.2. The average molecular weight is 583 g/mol. The van der Waals surface area contributed by atoms with Gasteiger partial charge in [0.05, 0.1) is 29.3 Å². The molecule has 1 aromatic heterocycles. The van der Waals surface area contributed by atoms with Gasteiger partial charge in [-0.25, -0.2) is 13.4 Å². The van der Waals surface area contributed by atoms with E-state index in [9.17, 15) is 23.6 Å². The van der Waals surface area contributed by atoms with E-state index in [0.717, 1.165) is 40.5 Å². The second-order valence-corrected chi connectivity index (χ2v) is 13.4. The number of nitro benzene ring substituents is 1. The van der Waals surface area contributed by atoms with Crippen molar-refractivity contribution in [2.75, 3.05) is 24.6 Å². The van der Waals surface area contributed by atoms with Gasteiger partial charge in [-0.05, 0) is 55.9 Å². The lowest BCUT2D eigenvalue weighted by molar-refractivity contribution is -0.387. The van der Waals surface area contributed by atoms with Crippen molar-refractivity contribution in [1.29, 1.82) is 0 Å². The standard InChI is InChI=1S/C29H34N4O5S2/c1-4-31(40(37,38)27-12-8-7-11-24(27)33(35)36)17-25-28(23-15-13-22(14-16-23)21-9-5-6-10-21)26(18-34)32(25)29-30-19(2)20(3)39-29/h7-9,11-16,25-26,28,34H,4-6,10,17-18H2,1-3H3/t25-,26-,28+/m0/s1. The molecule has 212 valence electrons. The van der Waals surface area contributed by atoms with E-state index in [-0.39, 0.29) is 42.6 Å². The van der Waals surface area contributed by atoms with Crippen LogP contribution in [0.5, 0.6) is 0 Å². The molecule has 1 N–H and O–H groups in total. The average Bonchev–Trinajstić information content (AvgIpc) is 3.58. The Morgan fingerprint density at radius 1 is 1.15 bits per heavy atom. The largest absolute Gasteiger partial charge is 0.394 e. The van der Waals surface area contributed by atoms with Crippen LogP contribution < -0.4 is 4.90 Å².